The summed E-state index contributed by atoms with van der Waals surface area (Å²) < 4.78 is 0. The fourth-order valence-electron chi connectivity index (χ4n) is 20.7. The Hall–Kier alpha value is -13.5. The molecular weight excluding hydrogens is 1390 g/mol. The van der Waals surface area contributed by atoms with E-state index in [1.54, 1.807) is 0 Å². The van der Waals surface area contributed by atoms with E-state index in [-0.39, 0.29) is 5.92 Å². The van der Waals surface area contributed by atoms with Gasteiger partial charge < -0.3 is 0 Å². The van der Waals surface area contributed by atoms with Crippen molar-refractivity contribution >= 4 is 104 Å². The van der Waals surface area contributed by atoms with Crippen LogP contribution >= 0.6 is 0 Å². The lowest BCUT2D eigenvalue weighted by molar-refractivity contribution is 0.905. The van der Waals surface area contributed by atoms with Crippen LogP contribution in [0.4, 0.5) is 0 Å². The van der Waals surface area contributed by atoms with E-state index in [1.807, 2.05) is 0 Å². The largest absolute Gasteiger partial charge is 0.0842 e. The Kier molecular flexibility index (Phi) is 17.6. The number of allylic oxidation sites excluding steroid dienone is 20. The van der Waals surface area contributed by atoms with Crippen molar-refractivity contribution < 1.29 is 0 Å². The molecule has 116 heavy (non-hydrogen) atoms. The first kappa shape index (κ1) is 69.2. The molecule has 0 nitrogen and oxygen atoms in total. The lowest BCUT2D eigenvalue weighted by Crippen LogP contribution is -2.34. The van der Waals surface area contributed by atoms with Crippen LogP contribution in [-0.2, 0) is 0 Å². The SMILES string of the molecule is C1=CCCC(C2=CC=C(c3ccccc3-c3c4ccccc4c(-c4c5ccccc5c(-c5ccc(-c6ccc7c(-c8ccccc8)c8c(c(C9=CC=CCC9)c7c6)=CCC(c6ccc7c(-c9ccccc9)c9ccccc9c(-c9ccccc9)c7c6)C=8)cc5C5=CC=C(C6=CC=CCC6)CC5)c5ccccc45)c4ccccc34)CC2)=C1. The van der Waals surface area contributed by atoms with Crippen molar-refractivity contribution in [2.45, 2.75) is 76.5 Å². The Morgan fingerprint density at radius 3 is 1.03 bits per heavy atom. The summed E-state index contributed by atoms with van der Waals surface area (Å²) in [4.78, 5) is 0. The van der Waals surface area contributed by atoms with Crippen LogP contribution in [0, 0.1) is 0 Å². The molecule has 16 aromatic rings. The van der Waals surface area contributed by atoms with Crippen molar-refractivity contribution in [3.8, 4) is 77.9 Å². The van der Waals surface area contributed by atoms with E-state index in [0.29, 0.717) is 0 Å². The first-order valence-corrected chi connectivity index (χ1v) is 42.1. The first-order chi connectivity index (χ1) is 57.6. The van der Waals surface area contributed by atoms with Crippen molar-refractivity contribution in [2.24, 2.45) is 0 Å². The summed E-state index contributed by atoms with van der Waals surface area (Å²) in [5.41, 5.74) is 33.1. The highest BCUT2D eigenvalue weighted by Gasteiger charge is 2.29. The van der Waals surface area contributed by atoms with Gasteiger partial charge in [-0.3, -0.25) is 0 Å². The average Bonchev–Trinajstić information content (AvgIpc) is 0.713. The fourth-order valence-corrected chi connectivity index (χ4v) is 20.7. The van der Waals surface area contributed by atoms with Gasteiger partial charge in [-0.1, -0.05) is 364 Å². The predicted molar refractivity (Wildman–Crippen MR) is 499 cm³/mol. The third-order valence-electron chi connectivity index (χ3n) is 26.1. The maximum absolute atomic E-state index is 2.65. The topological polar surface area (TPSA) is 0 Å². The molecule has 16 aromatic carbocycles. The van der Waals surface area contributed by atoms with Gasteiger partial charge in [-0.05, 0) is 314 Å². The summed E-state index contributed by atoms with van der Waals surface area (Å²) in [5, 5.41) is 20.4. The standard InChI is InChI=1S/C116H86/c1-7-31-75(32-8-1)77-55-59-79(60-56-77)89-43-19-20-44-90(89)113-93-47-23-27-51-97(93)115(98-52-28-24-48-94(98)113)116-99-53-29-25-49-95(99)114(96-50-26-30-54-100(96)116)101-67-63-85(71-105(101)80-61-57-78(58-62-80)76-33-9-2-10-34-76)86-65-69-103-107(72-86)111(83-39-15-5-16-40-83)104-70-66-88(74-108(104)112(103)84-41-17-6-18-42-84)87-64-68-102-106(73-87)110(82-37-13-4-14-38-82)92-46-22-21-45-91(92)109(102)81-35-11-3-12-36-81/h1-7,9,11-15,17-31,33,35-39,41-55,57,59,61,63-65,67-74,88H,8,10,16,32,34,40,56,58,60,62,66H2. The van der Waals surface area contributed by atoms with Crippen molar-refractivity contribution in [2.75, 3.05) is 0 Å². The van der Waals surface area contributed by atoms with Gasteiger partial charge in [-0.15, -0.1) is 0 Å². The molecule has 0 saturated heterocycles. The van der Waals surface area contributed by atoms with Gasteiger partial charge >= 0.3 is 0 Å². The number of rotatable bonds is 13. The van der Waals surface area contributed by atoms with Gasteiger partial charge in [0.2, 0.25) is 0 Å². The summed E-state index contributed by atoms with van der Waals surface area (Å²) in [6, 6.07) is 111. The van der Waals surface area contributed by atoms with E-state index >= 15 is 0 Å². The molecule has 0 bridgehead atoms. The van der Waals surface area contributed by atoms with E-state index in [1.165, 1.54) is 225 Å². The van der Waals surface area contributed by atoms with E-state index in [9.17, 15) is 0 Å². The zero-order valence-corrected chi connectivity index (χ0v) is 65.2. The molecule has 0 saturated carbocycles. The molecule has 0 N–H and O–H groups in total. The molecule has 6 aliphatic carbocycles. The van der Waals surface area contributed by atoms with Gasteiger partial charge in [-0.25, -0.2) is 0 Å². The molecule has 0 heteroatoms. The monoisotopic (exact) mass is 1480 g/mol. The van der Waals surface area contributed by atoms with Crippen molar-refractivity contribution in [3.05, 3.63) is 425 Å². The normalized spacial score (nSPS) is 16.0. The zero-order chi connectivity index (χ0) is 76.6. The summed E-state index contributed by atoms with van der Waals surface area (Å²) in [6.07, 6.45) is 47.1. The third-order valence-corrected chi connectivity index (χ3v) is 26.1. The average molecular weight is 1480 g/mol. The quantitative estimate of drug-likeness (QED) is 0.101. The van der Waals surface area contributed by atoms with Gasteiger partial charge in [0.1, 0.15) is 0 Å². The van der Waals surface area contributed by atoms with Gasteiger partial charge in [0, 0.05) is 5.92 Å². The Morgan fingerprint density at radius 1 is 0.198 bits per heavy atom. The third kappa shape index (κ3) is 11.9. The molecule has 0 heterocycles. The Labute approximate surface area is 679 Å². The van der Waals surface area contributed by atoms with Gasteiger partial charge in [0.25, 0.3) is 0 Å². The van der Waals surface area contributed by atoms with Gasteiger partial charge in [0.15, 0.2) is 0 Å². The molecule has 0 aromatic heterocycles. The van der Waals surface area contributed by atoms with Gasteiger partial charge in [-0.2, -0.15) is 0 Å². The number of benzene rings is 16. The molecule has 0 amide bonds. The summed E-state index contributed by atoms with van der Waals surface area (Å²) >= 11 is 0. The molecule has 1 unspecified atom stereocenters. The Morgan fingerprint density at radius 2 is 0.552 bits per heavy atom. The number of hydrogen-bond donors (Lipinski definition) is 0. The maximum atomic E-state index is 2.65. The van der Waals surface area contributed by atoms with E-state index in [2.05, 4.69) is 382 Å². The van der Waals surface area contributed by atoms with Crippen LogP contribution in [0.3, 0.4) is 0 Å². The summed E-state index contributed by atoms with van der Waals surface area (Å²) in [7, 11) is 0. The molecule has 22 rings (SSSR count). The van der Waals surface area contributed by atoms with Gasteiger partial charge in [0.05, 0.1) is 0 Å². The highest BCUT2D eigenvalue weighted by molar-refractivity contribution is 6.31. The Balaban J connectivity index is 0.727. The molecular formula is C116H86. The number of hydrogen-bond acceptors (Lipinski definition) is 0. The van der Waals surface area contributed by atoms with Crippen molar-refractivity contribution in [3.63, 3.8) is 0 Å². The molecule has 550 valence electrons. The van der Waals surface area contributed by atoms with Crippen LogP contribution in [0.25, 0.3) is 182 Å². The van der Waals surface area contributed by atoms with Crippen molar-refractivity contribution in [1.82, 2.24) is 0 Å². The molecule has 1 atom stereocenters. The maximum Gasteiger partial charge on any atom is 0.00624 e. The second kappa shape index (κ2) is 29.5. The highest BCUT2D eigenvalue weighted by atomic mass is 14.3. The minimum atomic E-state index is 0.132. The molecule has 0 spiro atoms. The van der Waals surface area contributed by atoms with Crippen LogP contribution in [0.5, 0.6) is 0 Å². The lowest BCUT2D eigenvalue weighted by Gasteiger charge is -2.25. The fraction of sp³-hybridized carbons (Fsp3) is 0.103. The second-order valence-electron chi connectivity index (χ2n) is 32.5. The molecule has 0 fully saturated rings. The van der Waals surface area contributed by atoms with Crippen LogP contribution in [0.15, 0.2) is 392 Å². The van der Waals surface area contributed by atoms with Crippen LogP contribution < -0.4 is 10.4 Å². The molecule has 6 aliphatic rings. The minimum absolute atomic E-state index is 0.132. The van der Waals surface area contributed by atoms with E-state index in [4.69, 9.17) is 0 Å². The molecule has 0 aliphatic heterocycles. The smallest absolute Gasteiger partial charge is 0.00624 e. The second-order valence-corrected chi connectivity index (χ2v) is 32.5. The van der Waals surface area contributed by atoms with Crippen molar-refractivity contribution in [1.29, 1.82) is 0 Å². The van der Waals surface area contributed by atoms with Crippen LogP contribution in [-0.4, -0.2) is 0 Å². The van der Waals surface area contributed by atoms with Crippen LogP contribution in [0.1, 0.15) is 98.8 Å². The van der Waals surface area contributed by atoms with E-state index < -0.39 is 0 Å². The number of fused-ring (bicyclic) bond motifs is 8. The lowest BCUT2D eigenvalue weighted by atomic mass is 9.78. The van der Waals surface area contributed by atoms with Crippen LogP contribution in [0.2, 0.25) is 0 Å². The Bertz CT molecular complexity index is 7180. The van der Waals surface area contributed by atoms with E-state index in [0.717, 1.165) is 70.6 Å². The predicted octanol–water partition coefficient (Wildman–Crippen LogP) is 30.7. The summed E-state index contributed by atoms with van der Waals surface area (Å²) in [5.74, 6) is 0.132. The first-order valence-electron chi connectivity index (χ1n) is 42.1. The minimum Gasteiger partial charge on any atom is -0.0842 e. The summed E-state index contributed by atoms with van der Waals surface area (Å²) in [6.45, 7) is 0. The zero-order valence-electron chi connectivity index (χ0n) is 65.2. The molecule has 0 radical (unpaired) electrons. The highest BCUT2D eigenvalue weighted by Crippen LogP contribution is 2.54.